The van der Waals surface area contributed by atoms with Gasteiger partial charge in [-0.25, -0.2) is 4.39 Å². The molecule has 1 aliphatic carbocycles. The number of hydrogen-bond donors (Lipinski definition) is 2. The van der Waals surface area contributed by atoms with Crippen LogP contribution in [0.4, 0.5) is 4.39 Å². The molecule has 100 valence electrons. The molecule has 2 nitrogen and oxygen atoms in total. The van der Waals surface area contributed by atoms with Gasteiger partial charge in [0.15, 0.2) is 0 Å². The molecule has 3 heteroatoms. The van der Waals surface area contributed by atoms with Gasteiger partial charge in [-0.15, -0.1) is 0 Å². The van der Waals surface area contributed by atoms with Crippen molar-refractivity contribution in [3.05, 3.63) is 35.1 Å². The van der Waals surface area contributed by atoms with Gasteiger partial charge in [-0.1, -0.05) is 31.4 Å². The van der Waals surface area contributed by atoms with E-state index in [0.29, 0.717) is 18.2 Å². The van der Waals surface area contributed by atoms with Crippen LogP contribution in [0.1, 0.15) is 49.3 Å². The average Bonchev–Trinajstić information content (AvgIpc) is 2.40. The summed E-state index contributed by atoms with van der Waals surface area (Å²) in [4.78, 5) is 0. The number of nitrogens with one attached hydrogen (secondary N) is 1. The summed E-state index contributed by atoms with van der Waals surface area (Å²) in [6, 6.07) is 6.03. The van der Waals surface area contributed by atoms with Gasteiger partial charge >= 0.3 is 0 Å². The highest BCUT2D eigenvalue weighted by atomic mass is 19.1. The number of benzene rings is 1. The first-order chi connectivity index (χ1) is 8.70. The normalized spacial score (nSPS) is 18.8. The van der Waals surface area contributed by atoms with Crippen molar-refractivity contribution in [1.82, 2.24) is 5.32 Å². The SMILES string of the molecule is Cc1ccc(C(CN)NC2CCCCC2)cc1F. The fraction of sp³-hybridized carbons (Fsp3) is 0.600. The topological polar surface area (TPSA) is 38.0 Å². The van der Waals surface area contributed by atoms with Gasteiger partial charge < -0.3 is 11.1 Å². The molecule has 0 spiro atoms. The van der Waals surface area contributed by atoms with E-state index in [9.17, 15) is 4.39 Å². The molecule has 0 aliphatic heterocycles. The van der Waals surface area contributed by atoms with Crippen LogP contribution in [0.25, 0.3) is 0 Å². The minimum Gasteiger partial charge on any atom is -0.329 e. The highest BCUT2D eigenvalue weighted by Crippen LogP contribution is 2.22. The van der Waals surface area contributed by atoms with E-state index in [1.807, 2.05) is 12.1 Å². The van der Waals surface area contributed by atoms with Crippen LogP contribution < -0.4 is 11.1 Å². The molecule has 2 rings (SSSR count). The lowest BCUT2D eigenvalue weighted by Crippen LogP contribution is -2.37. The van der Waals surface area contributed by atoms with Crippen molar-refractivity contribution in [2.24, 2.45) is 5.73 Å². The molecule has 0 saturated heterocycles. The second kappa shape index (κ2) is 6.30. The molecule has 0 heterocycles. The van der Waals surface area contributed by atoms with Gasteiger partial charge in [0, 0.05) is 18.6 Å². The molecule has 1 aromatic rings. The number of aryl methyl sites for hydroxylation is 1. The van der Waals surface area contributed by atoms with E-state index < -0.39 is 0 Å². The summed E-state index contributed by atoms with van der Waals surface area (Å²) in [6.07, 6.45) is 6.34. The van der Waals surface area contributed by atoms with Crippen LogP contribution in [-0.4, -0.2) is 12.6 Å². The zero-order chi connectivity index (χ0) is 13.0. The molecule has 1 aliphatic rings. The molecule has 1 unspecified atom stereocenters. The van der Waals surface area contributed by atoms with Crippen molar-refractivity contribution in [2.75, 3.05) is 6.54 Å². The van der Waals surface area contributed by atoms with Crippen molar-refractivity contribution >= 4 is 0 Å². The van der Waals surface area contributed by atoms with Crippen molar-refractivity contribution in [1.29, 1.82) is 0 Å². The summed E-state index contributed by atoms with van der Waals surface area (Å²) in [7, 11) is 0. The molecule has 1 atom stereocenters. The molecular weight excluding hydrogens is 227 g/mol. The zero-order valence-electron chi connectivity index (χ0n) is 11.1. The summed E-state index contributed by atoms with van der Waals surface area (Å²) in [5.41, 5.74) is 7.48. The predicted octanol–water partition coefficient (Wildman–Crippen LogP) is 3.06. The summed E-state index contributed by atoms with van der Waals surface area (Å²) in [5, 5.41) is 3.58. The van der Waals surface area contributed by atoms with Gasteiger partial charge in [0.2, 0.25) is 0 Å². The molecule has 0 amide bonds. The number of nitrogens with two attached hydrogens (primary N) is 1. The summed E-state index contributed by atoms with van der Waals surface area (Å²) in [6.45, 7) is 2.30. The van der Waals surface area contributed by atoms with Crippen molar-refractivity contribution in [3.63, 3.8) is 0 Å². The third-order valence-corrected chi connectivity index (χ3v) is 3.88. The maximum Gasteiger partial charge on any atom is 0.126 e. The highest BCUT2D eigenvalue weighted by molar-refractivity contribution is 5.26. The maximum atomic E-state index is 13.6. The summed E-state index contributed by atoms with van der Waals surface area (Å²) in [5.74, 6) is -0.142. The maximum absolute atomic E-state index is 13.6. The first kappa shape index (κ1) is 13.5. The van der Waals surface area contributed by atoms with E-state index in [1.165, 1.54) is 32.1 Å². The number of hydrogen-bond acceptors (Lipinski definition) is 2. The average molecular weight is 250 g/mol. The van der Waals surface area contributed by atoms with Crippen LogP contribution in [0.15, 0.2) is 18.2 Å². The third kappa shape index (κ3) is 3.30. The quantitative estimate of drug-likeness (QED) is 0.862. The van der Waals surface area contributed by atoms with Crippen molar-refractivity contribution in [2.45, 2.75) is 51.1 Å². The molecule has 0 radical (unpaired) electrons. The molecule has 1 aromatic carbocycles. The van der Waals surface area contributed by atoms with E-state index in [0.717, 1.165) is 5.56 Å². The first-order valence-electron chi connectivity index (χ1n) is 6.93. The second-order valence-corrected chi connectivity index (χ2v) is 5.30. The standard InChI is InChI=1S/C15H23FN2/c1-11-7-8-12(9-14(11)16)15(10-17)18-13-5-3-2-4-6-13/h7-9,13,15,18H,2-6,10,17H2,1H3. The van der Waals surface area contributed by atoms with Crippen LogP contribution in [0, 0.1) is 12.7 Å². The van der Waals surface area contributed by atoms with Crippen LogP contribution in [0.3, 0.4) is 0 Å². The lowest BCUT2D eigenvalue weighted by molar-refractivity contribution is 0.340. The Hall–Kier alpha value is -0.930. The first-order valence-corrected chi connectivity index (χ1v) is 6.93. The Balaban J connectivity index is 2.04. The van der Waals surface area contributed by atoms with Crippen LogP contribution >= 0.6 is 0 Å². The Labute approximate surface area is 109 Å². The lowest BCUT2D eigenvalue weighted by Gasteiger charge is -2.28. The minimum atomic E-state index is -0.142. The fourth-order valence-electron chi connectivity index (χ4n) is 2.68. The Morgan fingerprint density at radius 1 is 1.33 bits per heavy atom. The number of halogens is 1. The molecule has 0 aromatic heterocycles. The van der Waals surface area contributed by atoms with E-state index in [2.05, 4.69) is 5.32 Å². The fourth-order valence-corrected chi connectivity index (χ4v) is 2.68. The van der Waals surface area contributed by atoms with Gasteiger partial charge in [-0.05, 0) is 37.0 Å². The van der Waals surface area contributed by atoms with Crippen LogP contribution in [0.2, 0.25) is 0 Å². The van der Waals surface area contributed by atoms with Gasteiger partial charge in [-0.3, -0.25) is 0 Å². The van der Waals surface area contributed by atoms with Gasteiger partial charge in [0.1, 0.15) is 5.82 Å². The molecule has 1 fully saturated rings. The second-order valence-electron chi connectivity index (χ2n) is 5.30. The highest BCUT2D eigenvalue weighted by Gasteiger charge is 2.18. The van der Waals surface area contributed by atoms with Crippen molar-refractivity contribution < 1.29 is 4.39 Å². The molecule has 3 N–H and O–H groups in total. The zero-order valence-corrected chi connectivity index (χ0v) is 11.1. The molecular formula is C15H23FN2. The van der Waals surface area contributed by atoms with E-state index in [4.69, 9.17) is 5.73 Å². The van der Waals surface area contributed by atoms with E-state index in [-0.39, 0.29) is 11.9 Å². The minimum absolute atomic E-state index is 0.0724. The smallest absolute Gasteiger partial charge is 0.126 e. The van der Waals surface area contributed by atoms with E-state index >= 15 is 0 Å². The van der Waals surface area contributed by atoms with Crippen molar-refractivity contribution in [3.8, 4) is 0 Å². The monoisotopic (exact) mass is 250 g/mol. The summed E-state index contributed by atoms with van der Waals surface area (Å²) >= 11 is 0. The van der Waals surface area contributed by atoms with Gasteiger partial charge in [-0.2, -0.15) is 0 Å². The van der Waals surface area contributed by atoms with Gasteiger partial charge in [0.25, 0.3) is 0 Å². The molecule has 18 heavy (non-hydrogen) atoms. The lowest BCUT2D eigenvalue weighted by atomic mass is 9.94. The van der Waals surface area contributed by atoms with Crippen LogP contribution in [-0.2, 0) is 0 Å². The van der Waals surface area contributed by atoms with Gasteiger partial charge in [0.05, 0.1) is 0 Å². The Kier molecular flexibility index (Phi) is 4.72. The predicted molar refractivity (Wildman–Crippen MR) is 72.9 cm³/mol. The van der Waals surface area contributed by atoms with Crippen LogP contribution in [0.5, 0.6) is 0 Å². The molecule has 0 bridgehead atoms. The Bertz CT molecular complexity index is 386. The number of rotatable bonds is 4. The Morgan fingerprint density at radius 3 is 2.67 bits per heavy atom. The summed E-state index contributed by atoms with van der Waals surface area (Å²) < 4.78 is 13.6. The van der Waals surface area contributed by atoms with E-state index in [1.54, 1.807) is 13.0 Å². The largest absolute Gasteiger partial charge is 0.329 e. The Morgan fingerprint density at radius 2 is 2.06 bits per heavy atom. The third-order valence-electron chi connectivity index (χ3n) is 3.88. The molecule has 1 saturated carbocycles.